The summed E-state index contributed by atoms with van der Waals surface area (Å²) in [5.41, 5.74) is 11.1. The van der Waals surface area contributed by atoms with E-state index in [2.05, 4.69) is 4.98 Å². The number of carbonyl (C=O) groups is 1. The minimum absolute atomic E-state index is 0.0896. The molecule has 42 heavy (non-hydrogen) atoms. The Morgan fingerprint density at radius 3 is 2.64 bits per heavy atom. The molecule has 9 heteroatoms. The van der Waals surface area contributed by atoms with Crippen LogP contribution in [0.2, 0.25) is 0 Å². The first-order chi connectivity index (χ1) is 20.2. The van der Waals surface area contributed by atoms with Crippen molar-refractivity contribution in [1.82, 2.24) is 14.8 Å². The monoisotopic (exact) mass is 570 g/mol. The van der Waals surface area contributed by atoms with Crippen molar-refractivity contribution < 1.29 is 23.0 Å². The fourth-order valence-electron chi connectivity index (χ4n) is 5.81. The van der Waals surface area contributed by atoms with Gasteiger partial charge in [0.05, 0.1) is 24.6 Å². The van der Waals surface area contributed by atoms with Crippen LogP contribution >= 0.6 is 0 Å². The van der Waals surface area contributed by atoms with Gasteiger partial charge < -0.3 is 15.2 Å². The molecule has 1 unspecified atom stereocenters. The second kappa shape index (κ2) is 11.0. The largest absolute Gasteiger partial charge is 0.487 e. The van der Waals surface area contributed by atoms with Crippen molar-refractivity contribution in [3.05, 3.63) is 83.7 Å². The van der Waals surface area contributed by atoms with Crippen LogP contribution in [0.4, 0.5) is 14.6 Å². The number of esters is 1. The van der Waals surface area contributed by atoms with E-state index in [1.807, 2.05) is 67.6 Å². The molecule has 1 atom stereocenters. The van der Waals surface area contributed by atoms with E-state index in [1.54, 1.807) is 17.8 Å². The summed E-state index contributed by atoms with van der Waals surface area (Å²) in [6.45, 7) is 4.09. The van der Waals surface area contributed by atoms with Crippen molar-refractivity contribution in [3.63, 3.8) is 0 Å². The molecule has 0 aliphatic heterocycles. The molecular formula is C33H32F2N4O3. The van der Waals surface area contributed by atoms with Crippen molar-refractivity contribution in [1.29, 1.82) is 0 Å². The van der Waals surface area contributed by atoms with Crippen molar-refractivity contribution in [2.75, 3.05) is 12.3 Å². The maximum atomic E-state index is 14.2. The number of aromatic nitrogens is 3. The summed E-state index contributed by atoms with van der Waals surface area (Å²) in [6, 6.07) is 19.1. The zero-order valence-electron chi connectivity index (χ0n) is 23.6. The smallest absolute Gasteiger partial charge is 0.310 e. The van der Waals surface area contributed by atoms with Crippen LogP contribution in [0, 0.1) is 6.92 Å². The lowest BCUT2D eigenvalue weighted by molar-refractivity contribution is -0.142. The van der Waals surface area contributed by atoms with Gasteiger partial charge in [0.25, 0.3) is 0 Å². The second-order valence-electron chi connectivity index (χ2n) is 10.8. The average Bonchev–Trinajstić information content (AvgIpc) is 3.52. The minimum atomic E-state index is -2.71. The Morgan fingerprint density at radius 1 is 1.10 bits per heavy atom. The number of nitrogens with two attached hydrogens (primary N) is 1. The number of ether oxygens (including phenoxy) is 2. The molecule has 0 amide bonds. The standard InChI is InChI=1S/C33H32F2N4O3/c1-3-41-31(40)17-25-20(2)5-4-6-30(25)42-19-28-27-16-23(22-8-7-21-12-14-37-32(36)26(21)15-22)9-10-29(27)39(38-28)24-11-13-33(34,35)18-24/h4-10,12,14-16,24H,3,11,13,17-19H2,1-2H3,(H2,36,37). The number of anilines is 1. The average molecular weight is 571 g/mol. The molecule has 0 bridgehead atoms. The van der Waals surface area contributed by atoms with Crippen LogP contribution in [0.5, 0.6) is 5.75 Å². The first kappa shape index (κ1) is 27.6. The molecule has 5 aromatic rings. The highest BCUT2D eigenvalue weighted by Crippen LogP contribution is 2.43. The molecule has 2 heterocycles. The van der Waals surface area contributed by atoms with E-state index in [-0.39, 0.29) is 31.8 Å². The van der Waals surface area contributed by atoms with Gasteiger partial charge in [0.1, 0.15) is 23.9 Å². The highest BCUT2D eigenvalue weighted by atomic mass is 19.3. The molecule has 2 aromatic heterocycles. The SMILES string of the molecule is CCOC(=O)Cc1c(C)cccc1OCc1nn(C2CCC(F)(F)C2)c2ccc(-c3ccc4ccnc(N)c4c3)cc12. The molecule has 0 saturated heterocycles. The first-order valence-electron chi connectivity index (χ1n) is 14.1. The summed E-state index contributed by atoms with van der Waals surface area (Å²) < 4.78 is 41.6. The Labute approximate surface area is 242 Å². The highest BCUT2D eigenvalue weighted by molar-refractivity contribution is 5.95. The predicted molar refractivity (Wildman–Crippen MR) is 159 cm³/mol. The maximum Gasteiger partial charge on any atom is 0.310 e. The third-order valence-electron chi connectivity index (χ3n) is 7.99. The molecule has 1 aliphatic carbocycles. The van der Waals surface area contributed by atoms with Crippen LogP contribution in [0.25, 0.3) is 32.8 Å². The molecule has 216 valence electrons. The summed E-state index contributed by atoms with van der Waals surface area (Å²) in [7, 11) is 0. The predicted octanol–water partition coefficient (Wildman–Crippen LogP) is 7.19. The molecule has 6 rings (SSSR count). The lowest BCUT2D eigenvalue weighted by atomic mass is 10.00. The van der Waals surface area contributed by atoms with Crippen LogP contribution in [0.15, 0.2) is 66.9 Å². The van der Waals surface area contributed by atoms with Gasteiger partial charge in [-0.3, -0.25) is 9.48 Å². The van der Waals surface area contributed by atoms with Crippen LogP contribution in [0.3, 0.4) is 0 Å². The minimum Gasteiger partial charge on any atom is -0.487 e. The van der Waals surface area contributed by atoms with Crippen molar-refractivity contribution in [2.24, 2.45) is 0 Å². The number of carbonyl (C=O) groups excluding carboxylic acids is 1. The maximum absolute atomic E-state index is 14.2. The van der Waals surface area contributed by atoms with Crippen LogP contribution < -0.4 is 10.5 Å². The molecule has 1 fully saturated rings. The number of nitrogen functional groups attached to an aromatic ring is 1. The third kappa shape index (κ3) is 5.38. The second-order valence-corrected chi connectivity index (χ2v) is 10.8. The molecular weight excluding hydrogens is 538 g/mol. The van der Waals surface area contributed by atoms with Gasteiger partial charge >= 0.3 is 5.97 Å². The number of alkyl halides is 2. The number of benzene rings is 3. The van der Waals surface area contributed by atoms with E-state index in [1.165, 1.54) is 0 Å². The van der Waals surface area contributed by atoms with Crippen molar-refractivity contribution in [2.45, 2.75) is 58.1 Å². The lowest BCUT2D eigenvalue weighted by Gasteiger charge is -2.13. The Morgan fingerprint density at radius 2 is 1.88 bits per heavy atom. The number of nitrogens with zero attached hydrogens (tertiary/aromatic N) is 3. The summed E-state index contributed by atoms with van der Waals surface area (Å²) in [5.74, 6) is -2.02. The van der Waals surface area contributed by atoms with Crippen molar-refractivity contribution in [3.8, 4) is 16.9 Å². The van der Waals surface area contributed by atoms with E-state index in [0.717, 1.165) is 43.9 Å². The zero-order valence-corrected chi connectivity index (χ0v) is 23.6. The number of pyridine rings is 1. The summed E-state index contributed by atoms with van der Waals surface area (Å²) in [5, 5.41) is 7.50. The van der Waals surface area contributed by atoms with E-state index in [9.17, 15) is 13.6 Å². The Balaban J connectivity index is 1.39. The molecule has 7 nitrogen and oxygen atoms in total. The molecule has 0 radical (unpaired) electrons. The zero-order chi connectivity index (χ0) is 29.4. The number of rotatable bonds is 8. The fourth-order valence-corrected chi connectivity index (χ4v) is 5.81. The first-order valence-corrected chi connectivity index (χ1v) is 14.1. The Kier molecular flexibility index (Phi) is 7.26. The molecule has 1 saturated carbocycles. The molecule has 1 aliphatic rings. The summed E-state index contributed by atoms with van der Waals surface area (Å²) in [4.78, 5) is 16.5. The van der Waals surface area contributed by atoms with Crippen LogP contribution in [-0.4, -0.2) is 33.3 Å². The van der Waals surface area contributed by atoms with E-state index in [4.69, 9.17) is 20.3 Å². The van der Waals surface area contributed by atoms with E-state index >= 15 is 0 Å². The topological polar surface area (TPSA) is 92.3 Å². The Hall–Kier alpha value is -4.53. The molecule has 3 aromatic carbocycles. The van der Waals surface area contributed by atoms with Gasteiger partial charge in [-0.15, -0.1) is 0 Å². The lowest BCUT2D eigenvalue weighted by Crippen LogP contribution is -2.13. The van der Waals surface area contributed by atoms with Gasteiger partial charge in [-0.2, -0.15) is 5.10 Å². The van der Waals surface area contributed by atoms with Gasteiger partial charge in [0.15, 0.2) is 0 Å². The van der Waals surface area contributed by atoms with Gasteiger partial charge in [0.2, 0.25) is 5.92 Å². The quantitative estimate of drug-likeness (QED) is 0.199. The number of fused-ring (bicyclic) bond motifs is 2. The number of aryl methyl sites for hydroxylation is 1. The summed E-state index contributed by atoms with van der Waals surface area (Å²) >= 11 is 0. The number of hydrogen-bond donors (Lipinski definition) is 1. The van der Waals surface area contributed by atoms with E-state index < -0.39 is 12.0 Å². The van der Waals surface area contributed by atoms with Gasteiger partial charge in [-0.05, 0) is 72.7 Å². The van der Waals surface area contributed by atoms with Crippen LogP contribution in [0.1, 0.15) is 49.0 Å². The number of halogens is 2. The van der Waals surface area contributed by atoms with Gasteiger partial charge in [0, 0.05) is 35.4 Å². The fraction of sp³-hybridized carbons (Fsp3) is 0.303. The van der Waals surface area contributed by atoms with Gasteiger partial charge in [-0.1, -0.05) is 30.3 Å². The third-order valence-corrected chi connectivity index (χ3v) is 7.99. The van der Waals surface area contributed by atoms with E-state index in [0.29, 0.717) is 30.3 Å². The Bertz CT molecular complexity index is 1800. The van der Waals surface area contributed by atoms with Crippen LogP contribution in [-0.2, 0) is 22.6 Å². The van der Waals surface area contributed by atoms with Crippen molar-refractivity contribution >= 4 is 33.5 Å². The van der Waals surface area contributed by atoms with Gasteiger partial charge in [-0.25, -0.2) is 13.8 Å². The highest BCUT2D eigenvalue weighted by Gasteiger charge is 2.41. The summed E-state index contributed by atoms with van der Waals surface area (Å²) in [6.07, 6.45) is 1.72. The number of hydrogen-bond acceptors (Lipinski definition) is 6. The molecule has 2 N–H and O–H groups in total. The molecule has 0 spiro atoms. The normalized spacial score (nSPS) is 16.2.